The van der Waals surface area contributed by atoms with Gasteiger partial charge in [-0.05, 0) is 18.6 Å². The first kappa shape index (κ1) is 12.3. The summed E-state index contributed by atoms with van der Waals surface area (Å²) in [4.78, 5) is 24.9. The molecule has 0 aliphatic heterocycles. The molecule has 1 atom stereocenters. The molecule has 0 radical (unpaired) electrons. The van der Waals surface area contributed by atoms with Crippen LogP contribution in [0.4, 0.5) is 4.39 Å². The lowest BCUT2D eigenvalue weighted by molar-refractivity contribution is -0.141. The van der Waals surface area contributed by atoms with Crippen molar-refractivity contribution in [1.82, 2.24) is 4.98 Å². The molecule has 1 unspecified atom stereocenters. The lowest BCUT2D eigenvalue weighted by Gasteiger charge is -2.07. The number of carboxylic acid groups (broad SMARTS) is 1. The number of carbonyl (C=O) groups is 1. The lowest BCUT2D eigenvalue weighted by Crippen LogP contribution is -2.19. The summed E-state index contributed by atoms with van der Waals surface area (Å²) in [5.74, 6) is -2.12. The summed E-state index contributed by atoms with van der Waals surface area (Å²) in [6.07, 6.45) is 0.122. The molecule has 4 nitrogen and oxygen atoms in total. The molecule has 0 amide bonds. The summed E-state index contributed by atoms with van der Waals surface area (Å²) in [5.41, 5.74) is 0.0536. The molecule has 0 aliphatic rings. The Bertz CT molecular complexity index is 663. The fraction of sp³-hybridized carbons (Fsp3) is 0.231. The smallest absolute Gasteiger partial charge is 0.306 e. The number of aromatic nitrogens is 1. The molecule has 94 valence electrons. The fourth-order valence-electron chi connectivity index (χ4n) is 1.81. The minimum atomic E-state index is -0.964. The number of rotatable bonds is 3. The van der Waals surface area contributed by atoms with Crippen molar-refractivity contribution in [3.05, 3.63) is 46.0 Å². The van der Waals surface area contributed by atoms with E-state index < -0.39 is 23.3 Å². The Labute approximate surface area is 102 Å². The van der Waals surface area contributed by atoms with Crippen LogP contribution in [0.1, 0.15) is 12.5 Å². The summed E-state index contributed by atoms with van der Waals surface area (Å²) in [7, 11) is 0. The number of pyridine rings is 1. The highest BCUT2D eigenvalue weighted by Crippen LogP contribution is 2.16. The van der Waals surface area contributed by atoms with Gasteiger partial charge in [0.1, 0.15) is 5.82 Å². The summed E-state index contributed by atoms with van der Waals surface area (Å²) < 4.78 is 13.4. The van der Waals surface area contributed by atoms with Gasteiger partial charge < -0.3 is 10.1 Å². The highest BCUT2D eigenvalue weighted by Gasteiger charge is 2.14. The number of para-hydroxylation sites is 1. The molecule has 1 aromatic heterocycles. The number of carboxylic acids is 1. The van der Waals surface area contributed by atoms with Crippen molar-refractivity contribution >= 4 is 16.9 Å². The molecule has 0 aliphatic carbocycles. The van der Waals surface area contributed by atoms with Crippen LogP contribution in [0.3, 0.4) is 0 Å². The molecule has 0 saturated heterocycles. The topological polar surface area (TPSA) is 70.2 Å². The van der Waals surface area contributed by atoms with Crippen LogP contribution in [-0.2, 0) is 11.2 Å². The third-order valence-corrected chi connectivity index (χ3v) is 2.85. The number of aromatic amines is 1. The Balaban J connectivity index is 2.50. The Hall–Kier alpha value is -2.17. The molecule has 5 heteroatoms. The number of halogens is 1. The minimum Gasteiger partial charge on any atom is -0.481 e. The van der Waals surface area contributed by atoms with E-state index in [-0.39, 0.29) is 11.9 Å². The van der Waals surface area contributed by atoms with Crippen LogP contribution < -0.4 is 5.56 Å². The van der Waals surface area contributed by atoms with Gasteiger partial charge in [0.2, 0.25) is 0 Å². The third-order valence-electron chi connectivity index (χ3n) is 2.85. The van der Waals surface area contributed by atoms with Gasteiger partial charge in [-0.2, -0.15) is 0 Å². The molecule has 0 spiro atoms. The Morgan fingerprint density at radius 3 is 2.89 bits per heavy atom. The van der Waals surface area contributed by atoms with E-state index in [0.29, 0.717) is 10.9 Å². The van der Waals surface area contributed by atoms with Crippen LogP contribution in [0.5, 0.6) is 0 Å². The number of nitrogens with one attached hydrogen (secondary N) is 1. The van der Waals surface area contributed by atoms with Gasteiger partial charge in [0.05, 0.1) is 11.4 Å². The number of H-pyrrole nitrogens is 1. The Kier molecular flexibility index (Phi) is 3.14. The highest BCUT2D eigenvalue weighted by atomic mass is 19.1. The molecule has 2 rings (SSSR count). The molecule has 2 aromatic rings. The first-order valence-electron chi connectivity index (χ1n) is 5.52. The predicted octanol–water partition coefficient (Wildman–Crippen LogP) is 1.93. The molecule has 0 bridgehead atoms. The third kappa shape index (κ3) is 2.25. The van der Waals surface area contributed by atoms with Crippen molar-refractivity contribution in [3.8, 4) is 0 Å². The van der Waals surface area contributed by atoms with Gasteiger partial charge in [0.15, 0.2) is 0 Å². The minimum absolute atomic E-state index is 0.122. The van der Waals surface area contributed by atoms with Gasteiger partial charge >= 0.3 is 5.97 Å². The zero-order chi connectivity index (χ0) is 13.3. The molecular weight excluding hydrogens is 237 g/mol. The molecule has 1 heterocycles. The number of hydrogen-bond donors (Lipinski definition) is 2. The molecule has 2 N–H and O–H groups in total. The van der Waals surface area contributed by atoms with Crippen LogP contribution in [0.15, 0.2) is 29.1 Å². The molecular formula is C13H12FNO3. The van der Waals surface area contributed by atoms with Crippen molar-refractivity contribution in [2.75, 3.05) is 0 Å². The van der Waals surface area contributed by atoms with Gasteiger partial charge in [0.25, 0.3) is 5.56 Å². The van der Waals surface area contributed by atoms with Crippen molar-refractivity contribution in [2.24, 2.45) is 5.92 Å². The molecule has 0 saturated carbocycles. The normalized spacial score (nSPS) is 12.6. The fourth-order valence-corrected chi connectivity index (χ4v) is 1.81. The quantitative estimate of drug-likeness (QED) is 0.873. The summed E-state index contributed by atoms with van der Waals surface area (Å²) >= 11 is 0. The maximum atomic E-state index is 13.4. The van der Waals surface area contributed by atoms with E-state index in [0.717, 1.165) is 0 Å². The van der Waals surface area contributed by atoms with E-state index in [1.165, 1.54) is 19.1 Å². The van der Waals surface area contributed by atoms with E-state index in [2.05, 4.69) is 4.98 Å². The van der Waals surface area contributed by atoms with Crippen LogP contribution in [-0.4, -0.2) is 16.1 Å². The molecule has 18 heavy (non-hydrogen) atoms. The second kappa shape index (κ2) is 4.60. The van der Waals surface area contributed by atoms with Crippen LogP contribution in [0.25, 0.3) is 10.9 Å². The number of fused-ring (bicyclic) bond motifs is 1. The van der Waals surface area contributed by atoms with Crippen LogP contribution in [0, 0.1) is 11.7 Å². The highest BCUT2D eigenvalue weighted by molar-refractivity contribution is 5.79. The van der Waals surface area contributed by atoms with Crippen molar-refractivity contribution in [3.63, 3.8) is 0 Å². The predicted molar refractivity (Wildman–Crippen MR) is 65.0 cm³/mol. The van der Waals surface area contributed by atoms with Gasteiger partial charge in [0, 0.05) is 10.9 Å². The SMILES string of the molecule is CC(Cc1cc2cccc(F)c2[nH]c1=O)C(=O)O. The van der Waals surface area contributed by atoms with Gasteiger partial charge in [-0.25, -0.2) is 4.39 Å². The van der Waals surface area contributed by atoms with E-state index in [1.807, 2.05) is 0 Å². The second-order valence-electron chi connectivity index (χ2n) is 4.27. The number of hydrogen-bond acceptors (Lipinski definition) is 2. The average Bonchev–Trinajstić information content (AvgIpc) is 2.31. The first-order chi connectivity index (χ1) is 8.49. The van der Waals surface area contributed by atoms with E-state index in [4.69, 9.17) is 5.11 Å². The first-order valence-corrected chi connectivity index (χ1v) is 5.52. The number of aliphatic carboxylic acids is 1. The maximum absolute atomic E-state index is 13.4. The Morgan fingerprint density at radius 2 is 2.22 bits per heavy atom. The second-order valence-corrected chi connectivity index (χ2v) is 4.27. The van der Waals surface area contributed by atoms with Gasteiger partial charge in [-0.1, -0.05) is 19.1 Å². The number of benzene rings is 1. The molecule has 0 fully saturated rings. The van der Waals surface area contributed by atoms with Crippen LogP contribution >= 0.6 is 0 Å². The standard InChI is InChI=1S/C13H12FNO3/c1-7(13(17)18)5-9-6-8-3-2-4-10(14)11(8)15-12(9)16/h2-4,6-7H,5H2,1H3,(H,15,16)(H,17,18). The zero-order valence-corrected chi connectivity index (χ0v) is 9.74. The van der Waals surface area contributed by atoms with Crippen LogP contribution in [0.2, 0.25) is 0 Å². The van der Waals surface area contributed by atoms with Crippen molar-refractivity contribution in [1.29, 1.82) is 0 Å². The maximum Gasteiger partial charge on any atom is 0.306 e. The Morgan fingerprint density at radius 1 is 1.50 bits per heavy atom. The van der Waals surface area contributed by atoms with E-state index >= 15 is 0 Å². The van der Waals surface area contributed by atoms with E-state index in [9.17, 15) is 14.0 Å². The van der Waals surface area contributed by atoms with E-state index in [1.54, 1.807) is 12.1 Å². The van der Waals surface area contributed by atoms with Gasteiger partial charge in [-0.3, -0.25) is 9.59 Å². The summed E-state index contributed by atoms with van der Waals surface area (Å²) in [6, 6.07) is 6.01. The van der Waals surface area contributed by atoms with Crippen molar-refractivity contribution < 1.29 is 14.3 Å². The van der Waals surface area contributed by atoms with Crippen molar-refractivity contribution in [2.45, 2.75) is 13.3 Å². The lowest BCUT2D eigenvalue weighted by atomic mass is 10.0. The summed E-state index contributed by atoms with van der Waals surface area (Å²) in [5, 5.41) is 9.38. The zero-order valence-electron chi connectivity index (χ0n) is 9.74. The van der Waals surface area contributed by atoms with Gasteiger partial charge in [-0.15, -0.1) is 0 Å². The molecule has 1 aromatic carbocycles. The summed E-state index contributed by atoms with van der Waals surface area (Å²) in [6.45, 7) is 1.53. The average molecular weight is 249 g/mol. The monoisotopic (exact) mass is 249 g/mol. The largest absolute Gasteiger partial charge is 0.481 e.